The molecule has 2 aliphatic rings. The van der Waals surface area contributed by atoms with Crippen molar-refractivity contribution in [3.63, 3.8) is 0 Å². The summed E-state index contributed by atoms with van der Waals surface area (Å²) in [7, 11) is 0. The van der Waals surface area contributed by atoms with Gasteiger partial charge in [0.1, 0.15) is 0 Å². The first-order valence-corrected chi connectivity index (χ1v) is 6.75. The van der Waals surface area contributed by atoms with Crippen LogP contribution < -0.4 is 5.32 Å². The van der Waals surface area contributed by atoms with Crippen LogP contribution in [0.15, 0.2) is 0 Å². The minimum atomic E-state index is -0.585. The molecule has 4 nitrogen and oxygen atoms in total. The van der Waals surface area contributed by atoms with Crippen molar-refractivity contribution in [2.75, 3.05) is 13.1 Å². The van der Waals surface area contributed by atoms with Crippen LogP contribution in [0, 0.1) is 0 Å². The zero-order valence-corrected chi connectivity index (χ0v) is 10.3. The molecule has 1 aromatic heterocycles. The molecular weight excluding hydrogens is 214 g/mol. The number of H-pyrrole nitrogens is 1. The number of aromatic nitrogens is 2. The largest absolute Gasteiger partial charge is 0.388 e. The molecule has 1 fully saturated rings. The van der Waals surface area contributed by atoms with E-state index in [0.29, 0.717) is 13.0 Å². The van der Waals surface area contributed by atoms with Crippen molar-refractivity contribution in [2.45, 2.75) is 50.5 Å². The predicted octanol–water partition coefficient (Wildman–Crippen LogP) is 0.945. The van der Waals surface area contributed by atoms with E-state index >= 15 is 0 Å². The summed E-state index contributed by atoms with van der Waals surface area (Å²) in [5.74, 6) is 0. The average Bonchev–Trinajstić information content (AvgIpc) is 2.73. The van der Waals surface area contributed by atoms with Gasteiger partial charge in [-0.2, -0.15) is 5.10 Å². The number of piperidine rings is 1. The highest BCUT2D eigenvalue weighted by Crippen LogP contribution is 2.27. The maximum Gasteiger partial charge on any atom is 0.0827 e. The molecule has 1 aromatic rings. The van der Waals surface area contributed by atoms with Crippen molar-refractivity contribution in [1.82, 2.24) is 15.5 Å². The Labute approximate surface area is 102 Å². The quantitative estimate of drug-likeness (QED) is 0.715. The van der Waals surface area contributed by atoms with Crippen LogP contribution in [0.1, 0.15) is 42.6 Å². The molecule has 0 spiro atoms. The van der Waals surface area contributed by atoms with Crippen LogP contribution in [0.3, 0.4) is 0 Å². The monoisotopic (exact) mass is 235 g/mol. The van der Waals surface area contributed by atoms with Gasteiger partial charge in [-0.15, -0.1) is 0 Å². The average molecular weight is 235 g/mol. The molecule has 1 atom stereocenters. The molecule has 0 radical (unpaired) electrons. The number of aliphatic hydroxyl groups is 1. The van der Waals surface area contributed by atoms with E-state index in [1.165, 1.54) is 24.1 Å². The van der Waals surface area contributed by atoms with Gasteiger partial charge in [0.15, 0.2) is 0 Å². The molecule has 1 aliphatic heterocycles. The number of aromatic amines is 1. The first-order valence-electron chi connectivity index (χ1n) is 6.75. The number of rotatable bonds is 2. The van der Waals surface area contributed by atoms with Crippen LogP contribution in [0.4, 0.5) is 0 Å². The highest BCUT2D eigenvalue weighted by atomic mass is 16.3. The lowest BCUT2D eigenvalue weighted by molar-refractivity contribution is 0.0159. The molecular formula is C13H21N3O. The second kappa shape index (κ2) is 4.42. The fourth-order valence-electron chi connectivity index (χ4n) is 3.11. The van der Waals surface area contributed by atoms with Gasteiger partial charge in [0.25, 0.3) is 0 Å². The Hall–Kier alpha value is -0.870. The Morgan fingerprint density at radius 2 is 2.12 bits per heavy atom. The van der Waals surface area contributed by atoms with E-state index in [1.54, 1.807) is 0 Å². The third-order valence-electron chi connectivity index (χ3n) is 4.09. The molecule has 0 amide bonds. The van der Waals surface area contributed by atoms with E-state index in [1.807, 2.05) is 0 Å². The summed E-state index contributed by atoms with van der Waals surface area (Å²) < 4.78 is 0. The van der Waals surface area contributed by atoms with Crippen molar-refractivity contribution in [3.8, 4) is 0 Å². The second-order valence-electron chi connectivity index (χ2n) is 5.52. The zero-order chi connectivity index (χ0) is 11.7. The first kappa shape index (κ1) is 11.2. The molecule has 4 heteroatoms. The molecule has 1 aliphatic carbocycles. The Morgan fingerprint density at radius 3 is 2.94 bits per heavy atom. The van der Waals surface area contributed by atoms with Gasteiger partial charge in [-0.3, -0.25) is 5.10 Å². The molecule has 3 N–H and O–H groups in total. The minimum Gasteiger partial charge on any atom is -0.388 e. The van der Waals surface area contributed by atoms with Crippen molar-refractivity contribution in [3.05, 3.63) is 17.0 Å². The maximum absolute atomic E-state index is 10.5. The van der Waals surface area contributed by atoms with E-state index in [4.69, 9.17) is 0 Å². The number of hydrogen-bond donors (Lipinski definition) is 3. The number of β-amino-alcohol motifs (C(OH)–C–C–N with tert-alkyl or cyclic N) is 1. The molecule has 2 heterocycles. The summed E-state index contributed by atoms with van der Waals surface area (Å²) in [6.07, 6.45) is 7.43. The molecule has 0 bridgehead atoms. The lowest BCUT2D eigenvalue weighted by Gasteiger charge is -2.32. The molecule has 0 aromatic carbocycles. The summed E-state index contributed by atoms with van der Waals surface area (Å²) in [5, 5.41) is 21.4. The van der Waals surface area contributed by atoms with Gasteiger partial charge in [-0.25, -0.2) is 0 Å². The van der Waals surface area contributed by atoms with Crippen molar-refractivity contribution in [1.29, 1.82) is 0 Å². The normalized spacial score (nSPS) is 29.0. The van der Waals surface area contributed by atoms with Gasteiger partial charge in [0.05, 0.1) is 11.3 Å². The molecule has 94 valence electrons. The van der Waals surface area contributed by atoms with Gasteiger partial charge < -0.3 is 10.4 Å². The van der Waals surface area contributed by atoms with E-state index in [2.05, 4.69) is 15.5 Å². The van der Waals surface area contributed by atoms with Crippen molar-refractivity contribution < 1.29 is 5.11 Å². The third-order valence-corrected chi connectivity index (χ3v) is 4.09. The van der Waals surface area contributed by atoms with Crippen LogP contribution in [0.5, 0.6) is 0 Å². The van der Waals surface area contributed by atoms with E-state index < -0.39 is 5.60 Å². The van der Waals surface area contributed by atoms with E-state index in [9.17, 15) is 5.11 Å². The minimum absolute atomic E-state index is 0.585. The van der Waals surface area contributed by atoms with Crippen LogP contribution >= 0.6 is 0 Å². The predicted molar refractivity (Wildman–Crippen MR) is 66.0 cm³/mol. The second-order valence-corrected chi connectivity index (χ2v) is 5.52. The SMILES string of the molecule is OC1(Cc2n[nH]c3c2CCCC3)CCCNC1. The highest BCUT2D eigenvalue weighted by Gasteiger charge is 2.32. The first-order chi connectivity index (χ1) is 8.27. The lowest BCUT2D eigenvalue weighted by Crippen LogP contribution is -2.47. The van der Waals surface area contributed by atoms with Crippen LogP contribution in [0.2, 0.25) is 0 Å². The standard InChI is InChI=1S/C13H21N3O/c17-13(6-3-7-14-9-13)8-12-10-4-1-2-5-11(10)15-16-12/h14,17H,1-9H2,(H,15,16). The molecule has 0 saturated carbocycles. The maximum atomic E-state index is 10.5. The number of fused-ring (bicyclic) bond motifs is 1. The fraction of sp³-hybridized carbons (Fsp3) is 0.769. The molecule has 1 saturated heterocycles. The third kappa shape index (κ3) is 2.24. The number of hydrogen-bond acceptors (Lipinski definition) is 3. The molecule has 3 rings (SSSR count). The topological polar surface area (TPSA) is 60.9 Å². The highest BCUT2D eigenvalue weighted by molar-refractivity contribution is 5.29. The summed E-state index contributed by atoms with van der Waals surface area (Å²) in [6, 6.07) is 0. The Kier molecular flexibility index (Phi) is 2.92. The van der Waals surface area contributed by atoms with Gasteiger partial charge in [-0.1, -0.05) is 0 Å². The van der Waals surface area contributed by atoms with E-state index in [-0.39, 0.29) is 0 Å². The summed E-state index contributed by atoms with van der Waals surface area (Å²) in [5.41, 5.74) is 3.21. The Bertz CT molecular complexity index is 393. The Morgan fingerprint density at radius 1 is 1.24 bits per heavy atom. The van der Waals surface area contributed by atoms with Crippen molar-refractivity contribution >= 4 is 0 Å². The number of nitrogens with one attached hydrogen (secondary N) is 2. The van der Waals surface area contributed by atoms with Gasteiger partial charge in [0, 0.05) is 18.7 Å². The lowest BCUT2D eigenvalue weighted by atomic mass is 9.86. The van der Waals surface area contributed by atoms with Crippen molar-refractivity contribution in [2.24, 2.45) is 0 Å². The summed E-state index contributed by atoms with van der Waals surface area (Å²) >= 11 is 0. The summed E-state index contributed by atoms with van der Waals surface area (Å²) in [4.78, 5) is 0. The summed E-state index contributed by atoms with van der Waals surface area (Å²) in [6.45, 7) is 1.73. The van der Waals surface area contributed by atoms with E-state index in [0.717, 1.165) is 37.9 Å². The van der Waals surface area contributed by atoms with Crippen LogP contribution in [0.25, 0.3) is 0 Å². The Balaban J connectivity index is 1.78. The molecule has 1 unspecified atom stereocenters. The zero-order valence-electron chi connectivity index (χ0n) is 10.3. The smallest absolute Gasteiger partial charge is 0.0827 e. The molecule has 17 heavy (non-hydrogen) atoms. The van der Waals surface area contributed by atoms with Gasteiger partial charge in [0.2, 0.25) is 0 Å². The van der Waals surface area contributed by atoms with Gasteiger partial charge in [-0.05, 0) is 50.6 Å². The van der Waals surface area contributed by atoms with Crippen LogP contribution in [-0.4, -0.2) is 34.0 Å². The number of aryl methyl sites for hydroxylation is 1. The number of nitrogens with zero attached hydrogens (tertiary/aromatic N) is 1. The fourth-order valence-corrected chi connectivity index (χ4v) is 3.11. The van der Waals surface area contributed by atoms with Crippen LogP contribution in [-0.2, 0) is 19.3 Å². The van der Waals surface area contributed by atoms with Gasteiger partial charge >= 0.3 is 0 Å².